The molecule has 0 saturated carbocycles. The van der Waals surface area contributed by atoms with Gasteiger partial charge in [0, 0.05) is 10.0 Å². The van der Waals surface area contributed by atoms with Gasteiger partial charge in [0.25, 0.3) is 0 Å². The summed E-state index contributed by atoms with van der Waals surface area (Å²) >= 11 is 3.38. The maximum atomic E-state index is 12.2. The molecule has 0 amide bonds. The summed E-state index contributed by atoms with van der Waals surface area (Å²) < 4.78 is 1.00. The highest BCUT2D eigenvalue weighted by molar-refractivity contribution is 9.10. The third kappa shape index (κ3) is 6.32. The van der Waals surface area contributed by atoms with Crippen LogP contribution in [-0.4, -0.2) is 55.9 Å². The largest absolute Gasteiger partial charge is 0.309 e. The van der Waals surface area contributed by atoms with Gasteiger partial charge in [-0.3, -0.25) is 9.69 Å². The molecule has 3 nitrogen and oxygen atoms in total. The molecule has 1 aromatic carbocycles. The summed E-state index contributed by atoms with van der Waals surface area (Å²) in [7, 11) is 4.15. The second kappa shape index (κ2) is 8.46. The van der Waals surface area contributed by atoms with Crippen LogP contribution in [-0.2, 0) is 0 Å². The van der Waals surface area contributed by atoms with Gasteiger partial charge in [-0.05, 0) is 52.3 Å². The van der Waals surface area contributed by atoms with E-state index in [1.54, 1.807) is 0 Å². The lowest BCUT2D eigenvalue weighted by Crippen LogP contribution is -2.32. The number of carbonyl (C=O) groups excluding carboxylic acids is 1. The molecule has 0 spiro atoms. The molecular weight excluding hydrogens is 304 g/mol. The molecule has 1 aromatic rings. The van der Waals surface area contributed by atoms with E-state index in [0.29, 0.717) is 6.54 Å². The second-order valence-corrected chi connectivity index (χ2v) is 5.87. The molecule has 4 heteroatoms. The fraction of sp³-hybridized carbons (Fsp3) is 0.533. The van der Waals surface area contributed by atoms with Crippen LogP contribution in [0.2, 0.25) is 0 Å². The van der Waals surface area contributed by atoms with E-state index in [9.17, 15) is 4.79 Å². The summed E-state index contributed by atoms with van der Waals surface area (Å²) in [6.07, 6.45) is 1.09. The summed E-state index contributed by atoms with van der Waals surface area (Å²) in [5.74, 6) is 0.194. The Hall–Kier alpha value is -0.710. The zero-order valence-corrected chi connectivity index (χ0v) is 13.6. The minimum Gasteiger partial charge on any atom is -0.309 e. The van der Waals surface area contributed by atoms with Gasteiger partial charge in [0.05, 0.1) is 6.54 Å². The number of hydrogen-bond acceptors (Lipinski definition) is 3. The molecule has 0 aromatic heterocycles. The Labute approximate surface area is 124 Å². The van der Waals surface area contributed by atoms with Crippen molar-refractivity contribution in [3.8, 4) is 0 Å². The number of likely N-dealkylation sites (N-methyl/N-ethyl adjacent to an activating group) is 1. The van der Waals surface area contributed by atoms with E-state index in [1.165, 1.54) is 0 Å². The molecule has 0 radical (unpaired) electrons. The van der Waals surface area contributed by atoms with Crippen LogP contribution in [0.4, 0.5) is 0 Å². The summed E-state index contributed by atoms with van der Waals surface area (Å²) in [5.41, 5.74) is 0.786. The third-order valence-electron chi connectivity index (χ3n) is 3.06. The van der Waals surface area contributed by atoms with Crippen molar-refractivity contribution < 1.29 is 4.79 Å². The molecular formula is C15H23BrN2O. The van der Waals surface area contributed by atoms with E-state index in [4.69, 9.17) is 0 Å². The molecule has 19 heavy (non-hydrogen) atoms. The maximum Gasteiger partial charge on any atom is 0.176 e. The van der Waals surface area contributed by atoms with Gasteiger partial charge in [0.15, 0.2) is 5.78 Å². The first-order valence-electron chi connectivity index (χ1n) is 6.68. The Morgan fingerprint density at radius 1 is 1.16 bits per heavy atom. The van der Waals surface area contributed by atoms with E-state index in [2.05, 4.69) is 46.7 Å². The Morgan fingerprint density at radius 3 is 2.32 bits per heavy atom. The molecule has 0 bridgehead atoms. The molecule has 1 rings (SSSR count). The van der Waals surface area contributed by atoms with E-state index >= 15 is 0 Å². The lowest BCUT2D eigenvalue weighted by atomic mass is 10.1. The summed E-state index contributed by atoms with van der Waals surface area (Å²) in [4.78, 5) is 16.5. The topological polar surface area (TPSA) is 23.6 Å². The van der Waals surface area contributed by atoms with Crippen LogP contribution in [0.1, 0.15) is 23.7 Å². The molecule has 0 atom stereocenters. The zero-order valence-electron chi connectivity index (χ0n) is 12.0. The fourth-order valence-electron chi connectivity index (χ4n) is 1.89. The van der Waals surface area contributed by atoms with Crippen molar-refractivity contribution in [1.29, 1.82) is 0 Å². The normalized spacial score (nSPS) is 11.3. The highest BCUT2D eigenvalue weighted by Crippen LogP contribution is 2.11. The van der Waals surface area contributed by atoms with Gasteiger partial charge in [-0.1, -0.05) is 35.0 Å². The van der Waals surface area contributed by atoms with Gasteiger partial charge < -0.3 is 4.90 Å². The molecule has 0 heterocycles. The Kier molecular flexibility index (Phi) is 7.28. The van der Waals surface area contributed by atoms with E-state index in [1.807, 2.05) is 24.3 Å². The number of carbonyl (C=O) groups is 1. The average Bonchev–Trinajstić information content (AvgIpc) is 2.37. The fourth-order valence-corrected chi connectivity index (χ4v) is 2.15. The van der Waals surface area contributed by atoms with Crippen LogP contribution >= 0.6 is 15.9 Å². The van der Waals surface area contributed by atoms with Crippen molar-refractivity contribution in [2.75, 3.05) is 40.3 Å². The van der Waals surface area contributed by atoms with Crippen molar-refractivity contribution >= 4 is 21.7 Å². The van der Waals surface area contributed by atoms with Gasteiger partial charge in [0.2, 0.25) is 0 Å². The maximum absolute atomic E-state index is 12.2. The van der Waals surface area contributed by atoms with Gasteiger partial charge in [-0.25, -0.2) is 0 Å². The van der Waals surface area contributed by atoms with E-state index < -0.39 is 0 Å². The Balaban J connectivity index is 2.46. The van der Waals surface area contributed by atoms with Crippen LogP contribution < -0.4 is 0 Å². The highest BCUT2D eigenvalue weighted by Gasteiger charge is 2.11. The first-order valence-corrected chi connectivity index (χ1v) is 7.48. The molecule has 0 saturated heterocycles. The van der Waals surface area contributed by atoms with Gasteiger partial charge in [-0.2, -0.15) is 0 Å². The molecule has 0 fully saturated rings. The van der Waals surface area contributed by atoms with Crippen LogP contribution in [0.5, 0.6) is 0 Å². The molecule has 0 aliphatic rings. The smallest absolute Gasteiger partial charge is 0.176 e. The first-order chi connectivity index (χ1) is 9.02. The quantitative estimate of drug-likeness (QED) is 0.686. The highest BCUT2D eigenvalue weighted by atomic mass is 79.9. The van der Waals surface area contributed by atoms with E-state index in [0.717, 1.165) is 36.1 Å². The molecule has 106 valence electrons. The summed E-state index contributed by atoms with van der Waals surface area (Å²) in [6.45, 7) is 5.55. The zero-order chi connectivity index (χ0) is 14.3. The van der Waals surface area contributed by atoms with Crippen LogP contribution in [0.3, 0.4) is 0 Å². The standard InChI is InChI=1S/C15H23BrN2O/c1-4-18(11-5-10-17(2)3)12-15(19)13-6-8-14(16)9-7-13/h6-9H,4-5,10-12H2,1-3H3. The predicted molar refractivity (Wildman–Crippen MR) is 83.8 cm³/mol. The number of rotatable bonds is 8. The molecule has 0 unspecified atom stereocenters. The molecule has 0 aliphatic heterocycles. The van der Waals surface area contributed by atoms with Crippen molar-refractivity contribution in [2.24, 2.45) is 0 Å². The Morgan fingerprint density at radius 2 is 1.79 bits per heavy atom. The van der Waals surface area contributed by atoms with Gasteiger partial charge in [0.1, 0.15) is 0 Å². The summed E-state index contributed by atoms with van der Waals surface area (Å²) in [6, 6.07) is 7.57. The van der Waals surface area contributed by atoms with E-state index in [-0.39, 0.29) is 5.78 Å². The summed E-state index contributed by atoms with van der Waals surface area (Å²) in [5, 5.41) is 0. The second-order valence-electron chi connectivity index (χ2n) is 4.96. The number of halogens is 1. The lowest BCUT2D eigenvalue weighted by Gasteiger charge is -2.20. The predicted octanol–water partition coefficient (Wildman–Crippen LogP) is 2.91. The molecule has 0 aliphatic carbocycles. The van der Waals surface area contributed by atoms with Crippen LogP contribution in [0.25, 0.3) is 0 Å². The van der Waals surface area contributed by atoms with Crippen LogP contribution in [0, 0.1) is 0 Å². The van der Waals surface area contributed by atoms with Crippen LogP contribution in [0.15, 0.2) is 28.7 Å². The average molecular weight is 327 g/mol. The first kappa shape index (κ1) is 16.3. The minimum atomic E-state index is 0.194. The number of hydrogen-bond donors (Lipinski definition) is 0. The molecule has 0 N–H and O–H groups in total. The van der Waals surface area contributed by atoms with Crippen molar-refractivity contribution in [1.82, 2.24) is 9.80 Å². The monoisotopic (exact) mass is 326 g/mol. The van der Waals surface area contributed by atoms with Gasteiger partial charge in [-0.15, -0.1) is 0 Å². The lowest BCUT2D eigenvalue weighted by molar-refractivity contribution is 0.0932. The number of Topliss-reactive ketones (excluding diaryl/α,β-unsaturated/α-hetero) is 1. The number of benzene rings is 1. The minimum absolute atomic E-state index is 0.194. The number of ketones is 1. The SMILES string of the molecule is CCN(CCCN(C)C)CC(=O)c1ccc(Br)cc1. The van der Waals surface area contributed by atoms with Gasteiger partial charge >= 0.3 is 0 Å². The Bertz CT molecular complexity index is 390. The number of nitrogens with zero attached hydrogens (tertiary/aromatic N) is 2. The third-order valence-corrected chi connectivity index (χ3v) is 3.59. The van der Waals surface area contributed by atoms with Crippen molar-refractivity contribution in [3.05, 3.63) is 34.3 Å². The van der Waals surface area contributed by atoms with Crippen molar-refractivity contribution in [2.45, 2.75) is 13.3 Å². The van der Waals surface area contributed by atoms with Crippen molar-refractivity contribution in [3.63, 3.8) is 0 Å².